The average Bonchev–Trinajstić information content (AvgIpc) is 3.23. The molecule has 1 saturated heterocycles. The highest BCUT2D eigenvalue weighted by atomic mass is 16.2. The van der Waals surface area contributed by atoms with E-state index in [1.54, 1.807) is 0 Å². The third-order valence-corrected chi connectivity index (χ3v) is 5.38. The first-order valence-corrected chi connectivity index (χ1v) is 9.32. The van der Waals surface area contributed by atoms with Crippen molar-refractivity contribution in [3.63, 3.8) is 0 Å². The monoisotopic (exact) mass is 339 g/mol. The first-order valence-electron chi connectivity index (χ1n) is 9.32. The van der Waals surface area contributed by atoms with Crippen LogP contribution in [0.25, 0.3) is 5.82 Å². The van der Waals surface area contributed by atoms with Gasteiger partial charge in [-0.3, -0.25) is 4.79 Å². The number of piperazine rings is 1. The molecule has 6 heteroatoms. The minimum absolute atomic E-state index is 0.265. The summed E-state index contributed by atoms with van der Waals surface area (Å²) in [4.78, 5) is 16.9. The first-order chi connectivity index (χ1) is 12.3. The second kappa shape index (κ2) is 7.25. The molecular weight excluding hydrogens is 314 g/mol. The zero-order valence-corrected chi connectivity index (χ0v) is 14.5. The summed E-state index contributed by atoms with van der Waals surface area (Å²) in [5, 5.41) is 8.68. The van der Waals surface area contributed by atoms with Gasteiger partial charge in [0.15, 0.2) is 11.6 Å². The third-order valence-electron chi connectivity index (χ3n) is 5.38. The molecule has 1 amide bonds. The van der Waals surface area contributed by atoms with E-state index in [-0.39, 0.29) is 5.92 Å². The van der Waals surface area contributed by atoms with Crippen LogP contribution in [0.2, 0.25) is 0 Å². The molecular formula is C19H25N5O. The summed E-state index contributed by atoms with van der Waals surface area (Å²) in [6, 6.07) is 7.94. The number of aromatic nitrogens is 3. The van der Waals surface area contributed by atoms with E-state index in [4.69, 9.17) is 0 Å². The molecule has 2 aromatic heterocycles. The lowest BCUT2D eigenvalue weighted by atomic mass is 9.88. The maximum atomic E-state index is 12.6. The van der Waals surface area contributed by atoms with Gasteiger partial charge in [-0.2, -0.15) is 0 Å². The Morgan fingerprint density at radius 1 is 0.880 bits per heavy atom. The molecule has 25 heavy (non-hydrogen) atoms. The van der Waals surface area contributed by atoms with Crippen LogP contribution in [-0.4, -0.2) is 51.8 Å². The molecule has 132 valence electrons. The largest absolute Gasteiger partial charge is 0.352 e. The van der Waals surface area contributed by atoms with E-state index < -0.39 is 0 Å². The molecule has 4 rings (SSSR count). The number of hydrogen-bond acceptors (Lipinski definition) is 4. The van der Waals surface area contributed by atoms with Crippen molar-refractivity contribution in [3.05, 3.63) is 36.7 Å². The predicted octanol–water partition coefficient (Wildman–Crippen LogP) is 2.50. The molecule has 0 unspecified atom stereocenters. The number of nitrogens with zero attached hydrogens (tertiary/aromatic N) is 5. The Morgan fingerprint density at radius 3 is 2.16 bits per heavy atom. The van der Waals surface area contributed by atoms with Gasteiger partial charge >= 0.3 is 0 Å². The number of anilines is 1. The molecule has 0 spiro atoms. The van der Waals surface area contributed by atoms with Gasteiger partial charge in [0.05, 0.1) is 0 Å². The van der Waals surface area contributed by atoms with Crippen molar-refractivity contribution in [1.82, 2.24) is 19.7 Å². The SMILES string of the molecule is O=C(C1CCCCC1)N1CCN(c2ccc(-n3cccc3)nn2)CC1. The Labute approximate surface area is 148 Å². The van der Waals surface area contributed by atoms with Gasteiger partial charge in [-0.05, 0) is 37.1 Å². The average molecular weight is 339 g/mol. The van der Waals surface area contributed by atoms with Crippen molar-refractivity contribution in [2.45, 2.75) is 32.1 Å². The number of carbonyl (C=O) groups excluding carboxylic acids is 1. The summed E-state index contributed by atoms with van der Waals surface area (Å²) in [5.41, 5.74) is 0. The van der Waals surface area contributed by atoms with Gasteiger partial charge in [0.25, 0.3) is 0 Å². The Kier molecular flexibility index (Phi) is 4.68. The van der Waals surface area contributed by atoms with Crippen LogP contribution >= 0.6 is 0 Å². The van der Waals surface area contributed by atoms with Gasteiger partial charge in [-0.15, -0.1) is 10.2 Å². The Bertz CT molecular complexity index is 683. The lowest BCUT2D eigenvalue weighted by molar-refractivity contribution is -0.136. The lowest BCUT2D eigenvalue weighted by Crippen LogP contribution is -2.50. The zero-order chi connectivity index (χ0) is 17.1. The van der Waals surface area contributed by atoms with Crippen molar-refractivity contribution in [1.29, 1.82) is 0 Å². The molecule has 1 aliphatic heterocycles. The maximum Gasteiger partial charge on any atom is 0.225 e. The summed E-state index contributed by atoms with van der Waals surface area (Å²) < 4.78 is 1.94. The smallest absolute Gasteiger partial charge is 0.225 e. The van der Waals surface area contributed by atoms with Gasteiger partial charge in [0.1, 0.15) is 0 Å². The number of rotatable bonds is 3. The number of carbonyl (C=O) groups is 1. The van der Waals surface area contributed by atoms with Gasteiger partial charge in [0, 0.05) is 44.5 Å². The normalized spacial score (nSPS) is 19.2. The van der Waals surface area contributed by atoms with Crippen molar-refractivity contribution in [2.75, 3.05) is 31.1 Å². The minimum Gasteiger partial charge on any atom is -0.352 e. The Morgan fingerprint density at radius 2 is 1.52 bits per heavy atom. The zero-order valence-electron chi connectivity index (χ0n) is 14.5. The minimum atomic E-state index is 0.265. The van der Waals surface area contributed by atoms with Crippen LogP contribution in [0, 0.1) is 5.92 Å². The molecule has 0 N–H and O–H groups in total. The highest BCUT2D eigenvalue weighted by molar-refractivity contribution is 5.79. The summed E-state index contributed by atoms with van der Waals surface area (Å²) in [6.45, 7) is 3.23. The third kappa shape index (κ3) is 3.52. The van der Waals surface area contributed by atoms with Crippen LogP contribution in [0.4, 0.5) is 5.82 Å². The van der Waals surface area contributed by atoms with Crippen molar-refractivity contribution in [3.8, 4) is 5.82 Å². The van der Waals surface area contributed by atoms with Gasteiger partial charge < -0.3 is 14.4 Å². The Hall–Kier alpha value is -2.37. The van der Waals surface area contributed by atoms with Gasteiger partial charge in [-0.1, -0.05) is 19.3 Å². The summed E-state index contributed by atoms with van der Waals surface area (Å²) >= 11 is 0. The highest BCUT2D eigenvalue weighted by Gasteiger charge is 2.28. The van der Waals surface area contributed by atoms with Crippen LogP contribution < -0.4 is 4.90 Å². The van der Waals surface area contributed by atoms with Gasteiger partial charge in [-0.25, -0.2) is 0 Å². The van der Waals surface area contributed by atoms with Crippen LogP contribution in [0.1, 0.15) is 32.1 Å². The van der Waals surface area contributed by atoms with E-state index in [2.05, 4.69) is 15.1 Å². The fourth-order valence-corrected chi connectivity index (χ4v) is 3.88. The van der Waals surface area contributed by atoms with Crippen LogP contribution in [0.5, 0.6) is 0 Å². The fourth-order valence-electron chi connectivity index (χ4n) is 3.88. The molecule has 3 heterocycles. The molecule has 2 aromatic rings. The van der Waals surface area contributed by atoms with Crippen molar-refractivity contribution >= 4 is 11.7 Å². The second-order valence-corrected chi connectivity index (χ2v) is 6.99. The first kappa shape index (κ1) is 16.1. The molecule has 1 aliphatic carbocycles. The van der Waals surface area contributed by atoms with Crippen LogP contribution in [0.15, 0.2) is 36.7 Å². The lowest BCUT2D eigenvalue weighted by Gasteiger charge is -2.37. The van der Waals surface area contributed by atoms with E-state index in [0.717, 1.165) is 50.7 Å². The van der Waals surface area contributed by atoms with Crippen molar-refractivity contribution < 1.29 is 4.79 Å². The molecule has 0 bridgehead atoms. The van der Waals surface area contributed by atoms with Gasteiger partial charge in [0.2, 0.25) is 5.91 Å². The van der Waals surface area contributed by atoms with E-state index >= 15 is 0 Å². The fraction of sp³-hybridized carbons (Fsp3) is 0.526. The second-order valence-electron chi connectivity index (χ2n) is 6.99. The summed E-state index contributed by atoms with van der Waals surface area (Å²) in [5.74, 6) is 2.34. The number of amides is 1. The summed E-state index contributed by atoms with van der Waals surface area (Å²) in [7, 11) is 0. The van der Waals surface area contributed by atoms with E-state index in [1.165, 1.54) is 19.3 Å². The van der Waals surface area contributed by atoms with E-state index in [0.29, 0.717) is 5.91 Å². The highest BCUT2D eigenvalue weighted by Crippen LogP contribution is 2.26. The van der Waals surface area contributed by atoms with Crippen LogP contribution in [-0.2, 0) is 4.79 Å². The quantitative estimate of drug-likeness (QED) is 0.862. The molecule has 0 aromatic carbocycles. The van der Waals surface area contributed by atoms with Crippen LogP contribution in [0.3, 0.4) is 0 Å². The number of hydrogen-bond donors (Lipinski definition) is 0. The van der Waals surface area contributed by atoms with E-state index in [9.17, 15) is 4.79 Å². The molecule has 0 radical (unpaired) electrons. The molecule has 2 aliphatic rings. The van der Waals surface area contributed by atoms with Crippen molar-refractivity contribution in [2.24, 2.45) is 5.92 Å². The molecule has 2 fully saturated rings. The van der Waals surface area contributed by atoms with E-state index in [1.807, 2.05) is 46.1 Å². The standard InChI is InChI=1S/C19H25N5O/c25-19(16-6-2-1-3-7-16)24-14-12-23(13-15-24)18-9-8-17(20-21-18)22-10-4-5-11-22/h4-5,8-11,16H,1-3,6-7,12-15H2. The molecule has 1 saturated carbocycles. The predicted molar refractivity (Wildman–Crippen MR) is 96.7 cm³/mol. The molecule has 0 atom stereocenters. The Balaban J connectivity index is 1.34. The maximum absolute atomic E-state index is 12.6. The summed E-state index contributed by atoms with van der Waals surface area (Å²) in [6.07, 6.45) is 9.77. The molecule has 6 nitrogen and oxygen atoms in total. The topological polar surface area (TPSA) is 54.3 Å².